The van der Waals surface area contributed by atoms with Gasteiger partial charge in [-0.1, -0.05) is 60.1 Å². The summed E-state index contributed by atoms with van der Waals surface area (Å²) < 4.78 is 5.83. The van der Waals surface area contributed by atoms with Gasteiger partial charge in [-0.3, -0.25) is 4.79 Å². The van der Waals surface area contributed by atoms with Crippen LogP contribution < -0.4 is 4.74 Å². The number of amides is 1. The summed E-state index contributed by atoms with van der Waals surface area (Å²) >= 11 is 6.01. The van der Waals surface area contributed by atoms with Crippen LogP contribution in [0.2, 0.25) is 5.02 Å². The highest BCUT2D eigenvalue weighted by Gasteiger charge is 2.14. The van der Waals surface area contributed by atoms with E-state index in [1.807, 2.05) is 60.7 Å². The molecule has 0 aliphatic heterocycles. The molecule has 0 heterocycles. The Balaban J connectivity index is 1.52. The first kappa shape index (κ1) is 23.8. The van der Waals surface area contributed by atoms with Gasteiger partial charge in [0, 0.05) is 16.8 Å². The van der Waals surface area contributed by atoms with E-state index in [4.69, 9.17) is 21.4 Å². The minimum absolute atomic E-state index is 0.162. The number of benzene rings is 4. The van der Waals surface area contributed by atoms with E-state index in [0.29, 0.717) is 28.6 Å². The average molecular weight is 484 g/mol. The number of nitrogens with zero attached hydrogens (tertiary/aromatic N) is 1. The van der Waals surface area contributed by atoms with Crippen LogP contribution in [0.25, 0.3) is 6.08 Å². The first-order valence-corrected chi connectivity index (χ1v) is 11.3. The Hall–Kier alpha value is -4.35. The standard InChI is InChI=1S/C29H22ClNO4/c30-25-7-4-8-27(19-25)35-26-15-11-21(12-16-26)17-18-31(28(32)23-5-2-1-3-6-23)20-22-9-13-24(14-10-22)29(33)34/h1-19H,20H2,(H,33,34). The fourth-order valence-electron chi connectivity index (χ4n) is 3.38. The zero-order valence-corrected chi connectivity index (χ0v) is 19.4. The lowest BCUT2D eigenvalue weighted by Crippen LogP contribution is -2.25. The van der Waals surface area contributed by atoms with Gasteiger partial charge in [-0.2, -0.15) is 0 Å². The van der Waals surface area contributed by atoms with Gasteiger partial charge in [-0.25, -0.2) is 4.79 Å². The van der Waals surface area contributed by atoms with E-state index < -0.39 is 5.97 Å². The Morgan fingerprint density at radius 2 is 1.51 bits per heavy atom. The molecule has 0 unspecified atom stereocenters. The molecular weight excluding hydrogens is 462 g/mol. The van der Waals surface area contributed by atoms with Crippen LogP contribution in [0.15, 0.2) is 109 Å². The van der Waals surface area contributed by atoms with Crippen LogP contribution in [0.5, 0.6) is 11.5 Å². The SMILES string of the molecule is O=C(O)c1ccc(CN(C=Cc2ccc(Oc3cccc(Cl)c3)cc2)C(=O)c2ccccc2)cc1. The molecule has 0 aliphatic rings. The van der Waals surface area contributed by atoms with Crippen molar-refractivity contribution in [3.05, 3.63) is 137 Å². The second kappa shape index (κ2) is 11.2. The van der Waals surface area contributed by atoms with E-state index >= 15 is 0 Å². The van der Waals surface area contributed by atoms with Gasteiger partial charge in [0.2, 0.25) is 0 Å². The first-order chi connectivity index (χ1) is 17.0. The fraction of sp³-hybridized carbons (Fsp3) is 0.0345. The summed E-state index contributed by atoms with van der Waals surface area (Å²) in [5, 5.41) is 9.73. The van der Waals surface area contributed by atoms with Crippen LogP contribution in [0.3, 0.4) is 0 Å². The maximum Gasteiger partial charge on any atom is 0.335 e. The Morgan fingerprint density at radius 1 is 0.800 bits per heavy atom. The molecule has 4 aromatic rings. The summed E-state index contributed by atoms with van der Waals surface area (Å²) in [5.74, 6) is 0.163. The van der Waals surface area contributed by atoms with Gasteiger partial charge >= 0.3 is 5.97 Å². The van der Waals surface area contributed by atoms with Crippen molar-refractivity contribution in [1.82, 2.24) is 4.90 Å². The summed E-state index contributed by atoms with van der Waals surface area (Å²) in [6.45, 7) is 0.292. The molecule has 4 aromatic carbocycles. The number of aromatic carboxylic acids is 1. The lowest BCUT2D eigenvalue weighted by Gasteiger charge is -2.19. The summed E-state index contributed by atoms with van der Waals surface area (Å²) in [7, 11) is 0. The van der Waals surface area contributed by atoms with Crippen molar-refractivity contribution in [1.29, 1.82) is 0 Å². The van der Waals surface area contributed by atoms with Gasteiger partial charge in [0.05, 0.1) is 12.1 Å². The lowest BCUT2D eigenvalue weighted by molar-refractivity contribution is 0.0696. The van der Waals surface area contributed by atoms with E-state index in [9.17, 15) is 9.59 Å². The molecule has 1 amide bonds. The smallest absolute Gasteiger partial charge is 0.335 e. The second-order valence-corrected chi connectivity index (χ2v) is 8.18. The number of carboxylic acids is 1. The molecule has 4 rings (SSSR count). The van der Waals surface area contributed by atoms with Gasteiger partial charge in [0.15, 0.2) is 0 Å². The molecule has 0 aliphatic carbocycles. The fourth-order valence-corrected chi connectivity index (χ4v) is 3.56. The number of hydrogen-bond donors (Lipinski definition) is 1. The van der Waals surface area contributed by atoms with Crippen LogP contribution >= 0.6 is 11.6 Å². The number of carbonyl (C=O) groups is 2. The van der Waals surface area contributed by atoms with Crippen LogP contribution in [0.1, 0.15) is 31.8 Å². The molecule has 0 spiro atoms. The van der Waals surface area contributed by atoms with Crippen molar-refractivity contribution in [2.45, 2.75) is 6.54 Å². The van der Waals surface area contributed by atoms with E-state index in [-0.39, 0.29) is 11.5 Å². The van der Waals surface area contributed by atoms with Crippen molar-refractivity contribution in [3.8, 4) is 11.5 Å². The summed E-state index contributed by atoms with van der Waals surface area (Å²) in [6.07, 6.45) is 3.57. The monoisotopic (exact) mass is 483 g/mol. The molecule has 174 valence electrons. The third-order valence-corrected chi connectivity index (χ3v) is 5.43. The first-order valence-electron chi connectivity index (χ1n) is 10.9. The molecule has 0 aromatic heterocycles. The number of hydrogen-bond acceptors (Lipinski definition) is 3. The maximum atomic E-state index is 13.2. The molecule has 1 N–H and O–H groups in total. The van der Waals surface area contributed by atoms with Crippen LogP contribution in [0, 0.1) is 0 Å². The maximum absolute atomic E-state index is 13.2. The minimum atomic E-state index is -0.989. The Labute approximate surface area is 208 Å². The van der Waals surface area contributed by atoms with Crippen LogP contribution in [-0.4, -0.2) is 21.9 Å². The highest BCUT2D eigenvalue weighted by Crippen LogP contribution is 2.24. The molecule has 0 saturated carbocycles. The molecule has 0 fully saturated rings. The highest BCUT2D eigenvalue weighted by molar-refractivity contribution is 6.30. The molecular formula is C29H22ClNO4. The van der Waals surface area contributed by atoms with Crippen molar-refractivity contribution in [3.63, 3.8) is 0 Å². The molecule has 0 atom stereocenters. The molecule has 0 saturated heterocycles. The van der Waals surface area contributed by atoms with Crippen LogP contribution in [-0.2, 0) is 6.54 Å². The highest BCUT2D eigenvalue weighted by atomic mass is 35.5. The van der Waals surface area contributed by atoms with E-state index in [1.54, 1.807) is 47.5 Å². The van der Waals surface area contributed by atoms with E-state index in [0.717, 1.165) is 11.1 Å². The van der Waals surface area contributed by atoms with Crippen molar-refractivity contribution < 1.29 is 19.4 Å². The number of rotatable bonds is 8. The largest absolute Gasteiger partial charge is 0.478 e. The molecule has 5 nitrogen and oxygen atoms in total. The molecule has 6 heteroatoms. The third-order valence-electron chi connectivity index (χ3n) is 5.19. The van der Waals surface area contributed by atoms with Crippen molar-refractivity contribution in [2.24, 2.45) is 0 Å². The van der Waals surface area contributed by atoms with Gasteiger partial charge in [-0.05, 0) is 71.8 Å². The number of carbonyl (C=O) groups excluding carboxylic acids is 1. The predicted octanol–water partition coefficient (Wildman–Crippen LogP) is 7.14. The quantitative estimate of drug-likeness (QED) is 0.289. The molecule has 35 heavy (non-hydrogen) atoms. The molecule has 0 bridgehead atoms. The zero-order chi connectivity index (χ0) is 24.6. The Bertz CT molecular complexity index is 1330. The average Bonchev–Trinajstić information content (AvgIpc) is 2.88. The minimum Gasteiger partial charge on any atom is -0.478 e. The molecule has 0 radical (unpaired) electrons. The van der Waals surface area contributed by atoms with Gasteiger partial charge < -0.3 is 14.7 Å². The Kier molecular flexibility index (Phi) is 7.60. The predicted molar refractivity (Wildman–Crippen MR) is 137 cm³/mol. The van der Waals surface area contributed by atoms with E-state index in [1.165, 1.54) is 12.1 Å². The number of halogens is 1. The van der Waals surface area contributed by atoms with Gasteiger partial charge in [-0.15, -0.1) is 0 Å². The van der Waals surface area contributed by atoms with Gasteiger partial charge in [0.1, 0.15) is 11.5 Å². The third kappa shape index (κ3) is 6.59. The van der Waals surface area contributed by atoms with E-state index in [2.05, 4.69) is 0 Å². The topological polar surface area (TPSA) is 66.8 Å². The Morgan fingerprint density at radius 3 is 2.17 bits per heavy atom. The number of carboxylic acid groups (broad SMARTS) is 1. The van der Waals surface area contributed by atoms with Crippen LogP contribution in [0.4, 0.5) is 0 Å². The normalized spacial score (nSPS) is 10.8. The summed E-state index contributed by atoms with van der Waals surface area (Å²) in [5.41, 5.74) is 2.46. The summed E-state index contributed by atoms with van der Waals surface area (Å²) in [4.78, 5) is 25.9. The second-order valence-electron chi connectivity index (χ2n) is 7.75. The lowest BCUT2D eigenvalue weighted by atomic mass is 10.1. The zero-order valence-electron chi connectivity index (χ0n) is 18.7. The number of ether oxygens (including phenoxy) is 1. The summed E-state index contributed by atoms with van der Waals surface area (Å²) in [6, 6.07) is 30.1. The van der Waals surface area contributed by atoms with Crippen molar-refractivity contribution in [2.75, 3.05) is 0 Å². The van der Waals surface area contributed by atoms with Crippen molar-refractivity contribution >= 4 is 29.6 Å². The van der Waals surface area contributed by atoms with Gasteiger partial charge in [0.25, 0.3) is 5.91 Å².